The maximum Gasteiger partial charge on any atom is 0.0800 e. The molecule has 13 heavy (non-hydrogen) atoms. The van der Waals surface area contributed by atoms with Gasteiger partial charge in [-0.2, -0.15) is 5.26 Å². The van der Waals surface area contributed by atoms with Gasteiger partial charge < -0.3 is 5.11 Å². The van der Waals surface area contributed by atoms with E-state index in [4.69, 9.17) is 16.9 Å². The molecule has 0 heterocycles. The first-order valence-corrected chi connectivity index (χ1v) is 4.42. The fraction of sp³-hybridized carbons (Fsp3) is 0.300. The summed E-state index contributed by atoms with van der Waals surface area (Å²) >= 11 is 5.75. The molecule has 1 atom stereocenters. The van der Waals surface area contributed by atoms with Gasteiger partial charge in [0.2, 0.25) is 0 Å². The third-order valence-electron chi connectivity index (χ3n) is 1.76. The first-order valence-electron chi connectivity index (χ1n) is 4.04. The third-order valence-corrected chi connectivity index (χ3v) is 2.00. The molecule has 0 aliphatic rings. The second-order valence-corrected chi connectivity index (χ2v) is 3.20. The Hall–Kier alpha value is -1.04. The number of aliphatic hydroxyl groups is 1. The normalized spacial score (nSPS) is 12.1. The van der Waals surface area contributed by atoms with Crippen molar-refractivity contribution in [3.8, 4) is 6.07 Å². The van der Waals surface area contributed by atoms with Crippen LogP contribution in [0.4, 0.5) is 0 Å². The summed E-state index contributed by atoms with van der Waals surface area (Å²) < 4.78 is 0. The lowest BCUT2D eigenvalue weighted by Crippen LogP contribution is -1.96. The van der Waals surface area contributed by atoms with Crippen LogP contribution < -0.4 is 0 Å². The Labute approximate surface area is 82.4 Å². The molecule has 1 aromatic rings. The third kappa shape index (κ3) is 3.06. The molecule has 3 heteroatoms. The van der Waals surface area contributed by atoms with Gasteiger partial charge in [0.25, 0.3) is 0 Å². The van der Waals surface area contributed by atoms with Crippen molar-refractivity contribution in [3.63, 3.8) is 0 Å². The zero-order valence-corrected chi connectivity index (χ0v) is 7.83. The van der Waals surface area contributed by atoms with Gasteiger partial charge in [-0.1, -0.05) is 23.7 Å². The Morgan fingerprint density at radius 2 is 2.31 bits per heavy atom. The van der Waals surface area contributed by atoms with Gasteiger partial charge in [0, 0.05) is 11.4 Å². The van der Waals surface area contributed by atoms with Crippen LogP contribution in [0.15, 0.2) is 24.3 Å². The van der Waals surface area contributed by atoms with Gasteiger partial charge in [-0.25, -0.2) is 0 Å². The number of hydrogen-bond donors (Lipinski definition) is 1. The van der Waals surface area contributed by atoms with Gasteiger partial charge >= 0.3 is 0 Å². The minimum atomic E-state index is -0.585. The van der Waals surface area contributed by atoms with E-state index < -0.39 is 6.10 Å². The summed E-state index contributed by atoms with van der Waals surface area (Å²) in [6.07, 6.45) is 0.225. The quantitative estimate of drug-likeness (QED) is 0.806. The Bertz CT molecular complexity index is 319. The predicted octanol–water partition coefficient (Wildman–Crippen LogP) is 2.68. The van der Waals surface area contributed by atoms with E-state index in [9.17, 15) is 5.11 Å². The highest BCUT2D eigenvalue weighted by molar-refractivity contribution is 6.30. The average Bonchev–Trinajstić information content (AvgIpc) is 2.14. The Kier molecular flexibility index (Phi) is 3.75. The Morgan fingerprint density at radius 1 is 1.54 bits per heavy atom. The van der Waals surface area contributed by atoms with E-state index in [0.717, 1.165) is 5.56 Å². The molecule has 68 valence electrons. The first-order chi connectivity index (χ1) is 6.24. The lowest BCUT2D eigenvalue weighted by Gasteiger charge is -2.08. The summed E-state index contributed by atoms with van der Waals surface area (Å²) in [5.41, 5.74) is 0.766. The molecule has 0 amide bonds. The van der Waals surface area contributed by atoms with E-state index in [0.29, 0.717) is 17.9 Å². The summed E-state index contributed by atoms with van der Waals surface area (Å²) in [6, 6.07) is 9.04. The molecule has 1 N–H and O–H groups in total. The highest BCUT2D eigenvalue weighted by Gasteiger charge is 2.06. The van der Waals surface area contributed by atoms with Crippen molar-refractivity contribution in [2.75, 3.05) is 0 Å². The average molecular weight is 196 g/mol. The minimum Gasteiger partial charge on any atom is -0.388 e. The van der Waals surface area contributed by atoms with E-state index in [2.05, 4.69) is 0 Å². The minimum absolute atomic E-state index is 0.355. The van der Waals surface area contributed by atoms with Crippen molar-refractivity contribution in [1.29, 1.82) is 5.26 Å². The Morgan fingerprint density at radius 3 is 2.92 bits per heavy atom. The van der Waals surface area contributed by atoms with Crippen molar-refractivity contribution in [2.45, 2.75) is 18.9 Å². The summed E-state index contributed by atoms with van der Waals surface area (Å²) in [5.74, 6) is 0. The maximum absolute atomic E-state index is 9.57. The van der Waals surface area contributed by atoms with Crippen LogP contribution in [-0.2, 0) is 0 Å². The van der Waals surface area contributed by atoms with Crippen LogP contribution in [-0.4, -0.2) is 5.11 Å². The van der Waals surface area contributed by atoms with Crippen LogP contribution >= 0.6 is 11.6 Å². The molecule has 1 unspecified atom stereocenters. The molecular formula is C10H10ClNO. The summed E-state index contributed by atoms with van der Waals surface area (Å²) in [4.78, 5) is 0. The molecular weight excluding hydrogens is 186 g/mol. The van der Waals surface area contributed by atoms with Gasteiger partial charge in [-0.15, -0.1) is 0 Å². The van der Waals surface area contributed by atoms with Crippen molar-refractivity contribution in [3.05, 3.63) is 34.9 Å². The second kappa shape index (κ2) is 4.86. The molecule has 0 fully saturated rings. The number of nitriles is 1. The van der Waals surface area contributed by atoms with E-state index >= 15 is 0 Å². The highest BCUT2D eigenvalue weighted by Crippen LogP contribution is 2.20. The van der Waals surface area contributed by atoms with Gasteiger partial charge in [-0.3, -0.25) is 0 Å². The smallest absolute Gasteiger partial charge is 0.0800 e. The fourth-order valence-electron chi connectivity index (χ4n) is 1.08. The topological polar surface area (TPSA) is 44.0 Å². The zero-order chi connectivity index (χ0) is 9.68. The van der Waals surface area contributed by atoms with Gasteiger partial charge in [0.05, 0.1) is 12.2 Å². The fourth-order valence-corrected chi connectivity index (χ4v) is 1.28. The van der Waals surface area contributed by atoms with Crippen molar-refractivity contribution in [2.24, 2.45) is 0 Å². The van der Waals surface area contributed by atoms with Gasteiger partial charge in [0.15, 0.2) is 0 Å². The molecule has 0 aliphatic heterocycles. The molecule has 0 bridgehead atoms. The van der Waals surface area contributed by atoms with E-state index in [1.165, 1.54) is 0 Å². The van der Waals surface area contributed by atoms with Crippen molar-refractivity contribution >= 4 is 11.6 Å². The SMILES string of the molecule is N#CCCC(O)c1cccc(Cl)c1. The van der Waals surface area contributed by atoms with E-state index in [1.807, 2.05) is 6.07 Å². The largest absolute Gasteiger partial charge is 0.388 e. The van der Waals surface area contributed by atoms with Crippen LogP contribution in [0.2, 0.25) is 5.02 Å². The monoisotopic (exact) mass is 195 g/mol. The Balaban J connectivity index is 2.66. The van der Waals surface area contributed by atoms with Gasteiger partial charge in [0.1, 0.15) is 0 Å². The van der Waals surface area contributed by atoms with Crippen LogP contribution in [0.25, 0.3) is 0 Å². The van der Waals surface area contributed by atoms with Crippen LogP contribution in [0, 0.1) is 11.3 Å². The molecule has 0 aromatic heterocycles. The van der Waals surface area contributed by atoms with Crippen LogP contribution in [0.5, 0.6) is 0 Å². The van der Waals surface area contributed by atoms with Crippen LogP contribution in [0.3, 0.4) is 0 Å². The predicted molar refractivity (Wildman–Crippen MR) is 51.3 cm³/mol. The number of hydrogen-bond acceptors (Lipinski definition) is 2. The lowest BCUT2D eigenvalue weighted by atomic mass is 10.1. The summed E-state index contributed by atoms with van der Waals surface area (Å²) in [7, 11) is 0. The molecule has 0 spiro atoms. The molecule has 0 saturated heterocycles. The lowest BCUT2D eigenvalue weighted by molar-refractivity contribution is 0.169. The summed E-state index contributed by atoms with van der Waals surface area (Å²) in [5, 5.41) is 18.5. The molecule has 2 nitrogen and oxygen atoms in total. The number of nitrogens with zero attached hydrogens (tertiary/aromatic N) is 1. The highest BCUT2D eigenvalue weighted by atomic mass is 35.5. The van der Waals surface area contributed by atoms with E-state index in [1.54, 1.807) is 24.3 Å². The zero-order valence-electron chi connectivity index (χ0n) is 7.07. The molecule has 1 rings (SSSR count). The van der Waals surface area contributed by atoms with Gasteiger partial charge in [-0.05, 0) is 24.1 Å². The first kappa shape index (κ1) is 10.0. The summed E-state index contributed by atoms with van der Waals surface area (Å²) in [6.45, 7) is 0. The van der Waals surface area contributed by atoms with E-state index in [-0.39, 0.29) is 0 Å². The van der Waals surface area contributed by atoms with Crippen LogP contribution in [0.1, 0.15) is 24.5 Å². The van der Waals surface area contributed by atoms with Crippen molar-refractivity contribution in [1.82, 2.24) is 0 Å². The number of halogens is 1. The molecule has 0 saturated carbocycles. The van der Waals surface area contributed by atoms with Crippen molar-refractivity contribution < 1.29 is 5.11 Å². The number of benzene rings is 1. The molecule has 0 aliphatic carbocycles. The standard InChI is InChI=1S/C10H10ClNO/c11-9-4-1-3-8(7-9)10(13)5-2-6-12/h1,3-4,7,10,13H,2,5H2. The number of rotatable bonds is 3. The number of aliphatic hydroxyl groups excluding tert-OH is 1. The second-order valence-electron chi connectivity index (χ2n) is 2.77. The molecule has 0 radical (unpaired) electrons. The molecule has 1 aromatic carbocycles. The maximum atomic E-state index is 9.57.